The van der Waals surface area contributed by atoms with Crippen LogP contribution in [0.15, 0.2) is 23.1 Å². The lowest BCUT2D eigenvalue weighted by atomic mass is 10.2. The fourth-order valence-electron chi connectivity index (χ4n) is 2.09. The highest BCUT2D eigenvalue weighted by atomic mass is 32.2. The molecular formula is C17H19NO5S2. The lowest BCUT2D eigenvalue weighted by molar-refractivity contribution is -0.143. The highest BCUT2D eigenvalue weighted by Gasteiger charge is 2.33. The molecule has 0 aliphatic carbocycles. The van der Waals surface area contributed by atoms with Crippen LogP contribution in [0.4, 0.5) is 0 Å². The van der Waals surface area contributed by atoms with Crippen molar-refractivity contribution < 1.29 is 23.8 Å². The summed E-state index contributed by atoms with van der Waals surface area (Å²) >= 11 is 6.32. The zero-order chi connectivity index (χ0) is 18.4. The molecule has 1 aromatic rings. The number of thiocarbonyl (C=S) groups is 1. The van der Waals surface area contributed by atoms with Crippen molar-refractivity contribution in [3.05, 3.63) is 28.7 Å². The zero-order valence-electron chi connectivity index (χ0n) is 14.2. The normalized spacial score (nSPS) is 15.6. The Hall–Kier alpha value is -2.06. The SMILES string of the molecule is CCCOc1ccc(C=C2SC(=S)N(CC(=O)OC)C2=O)cc1OC. The van der Waals surface area contributed by atoms with Gasteiger partial charge in [-0.05, 0) is 30.2 Å². The molecular weight excluding hydrogens is 362 g/mol. The van der Waals surface area contributed by atoms with Crippen molar-refractivity contribution in [2.45, 2.75) is 13.3 Å². The minimum Gasteiger partial charge on any atom is -0.493 e. The maximum Gasteiger partial charge on any atom is 0.325 e. The summed E-state index contributed by atoms with van der Waals surface area (Å²) in [7, 11) is 2.83. The smallest absolute Gasteiger partial charge is 0.325 e. The van der Waals surface area contributed by atoms with E-state index in [-0.39, 0.29) is 12.5 Å². The first-order valence-electron chi connectivity index (χ1n) is 7.63. The van der Waals surface area contributed by atoms with Gasteiger partial charge in [-0.3, -0.25) is 14.5 Å². The van der Waals surface area contributed by atoms with Gasteiger partial charge in [-0.15, -0.1) is 0 Å². The number of esters is 1. The first kappa shape index (κ1) is 19.3. The van der Waals surface area contributed by atoms with Crippen molar-refractivity contribution in [2.24, 2.45) is 0 Å². The van der Waals surface area contributed by atoms with Crippen molar-refractivity contribution in [2.75, 3.05) is 27.4 Å². The number of thioether (sulfide) groups is 1. The summed E-state index contributed by atoms with van der Waals surface area (Å²) in [6, 6.07) is 5.42. The summed E-state index contributed by atoms with van der Waals surface area (Å²) in [4.78, 5) is 25.5. The highest BCUT2D eigenvalue weighted by molar-refractivity contribution is 8.26. The largest absolute Gasteiger partial charge is 0.493 e. The van der Waals surface area contributed by atoms with E-state index in [0.717, 1.165) is 23.7 Å². The number of methoxy groups -OCH3 is 2. The number of nitrogens with zero attached hydrogens (tertiary/aromatic N) is 1. The van der Waals surface area contributed by atoms with Crippen molar-refractivity contribution >= 4 is 46.3 Å². The van der Waals surface area contributed by atoms with Gasteiger partial charge in [0.2, 0.25) is 0 Å². The summed E-state index contributed by atoms with van der Waals surface area (Å²) in [6.07, 6.45) is 2.61. The van der Waals surface area contributed by atoms with Crippen LogP contribution < -0.4 is 9.47 Å². The predicted molar refractivity (Wildman–Crippen MR) is 101 cm³/mol. The molecule has 0 saturated carbocycles. The lowest BCUT2D eigenvalue weighted by Gasteiger charge is -2.12. The van der Waals surface area contributed by atoms with Crippen LogP contribution in [-0.4, -0.2) is 48.5 Å². The lowest BCUT2D eigenvalue weighted by Crippen LogP contribution is -2.33. The van der Waals surface area contributed by atoms with Crippen LogP contribution in [0.3, 0.4) is 0 Å². The molecule has 0 N–H and O–H groups in total. The fraction of sp³-hybridized carbons (Fsp3) is 0.353. The predicted octanol–water partition coefficient (Wildman–Crippen LogP) is 2.86. The van der Waals surface area contributed by atoms with Crippen LogP contribution >= 0.6 is 24.0 Å². The molecule has 1 heterocycles. The molecule has 0 aromatic heterocycles. The number of carbonyl (C=O) groups is 2. The number of hydrogen-bond acceptors (Lipinski definition) is 7. The number of benzene rings is 1. The summed E-state index contributed by atoms with van der Waals surface area (Å²) < 4.78 is 15.9. The van der Waals surface area contributed by atoms with E-state index >= 15 is 0 Å². The molecule has 8 heteroatoms. The Bertz CT molecular complexity index is 717. The molecule has 0 spiro atoms. The van der Waals surface area contributed by atoms with Crippen molar-refractivity contribution in [1.29, 1.82) is 0 Å². The van der Waals surface area contributed by atoms with Crippen molar-refractivity contribution in [1.82, 2.24) is 4.90 Å². The van der Waals surface area contributed by atoms with Gasteiger partial charge in [-0.2, -0.15) is 0 Å². The molecule has 0 bridgehead atoms. The molecule has 0 atom stereocenters. The second kappa shape index (κ2) is 8.87. The van der Waals surface area contributed by atoms with E-state index in [1.54, 1.807) is 25.3 Å². The van der Waals surface area contributed by atoms with E-state index in [1.807, 2.05) is 13.0 Å². The van der Waals surface area contributed by atoms with Crippen LogP contribution in [0, 0.1) is 0 Å². The highest BCUT2D eigenvalue weighted by Crippen LogP contribution is 2.34. The quantitative estimate of drug-likeness (QED) is 0.409. The average molecular weight is 381 g/mol. The molecule has 1 aliphatic heterocycles. The molecule has 1 fully saturated rings. The second-order valence-corrected chi connectivity index (χ2v) is 6.78. The Morgan fingerprint density at radius 2 is 2.08 bits per heavy atom. The van der Waals surface area contributed by atoms with Crippen molar-refractivity contribution in [3.8, 4) is 11.5 Å². The van der Waals surface area contributed by atoms with Crippen LogP contribution in [0.1, 0.15) is 18.9 Å². The molecule has 1 saturated heterocycles. The third kappa shape index (κ3) is 4.73. The van der Waals surface area contributed by atoms with Gasteiger partial charge in [0.05, 0.1) is 25.7 Å². The minimum atomic E-state index is -0.517. The van der Waals surface area contributed by atoms with E-state index in [9.17, 15) is 9.59 Å². The van der Waals surface area contributed by atoms with Gasteiger partial charge < -0.3 is 14.2 Å². The molecule has 1 aromatic carbocycles. The summed E-state index contributed by atoms with van der Waals surface area (Å²) in [5.41, 5.74) is 0.777. The topological polar surface area (TPSA) is 65.1 Å². The Labute approximate surface area is 156 Å². The maximum absolute atomic E-state index is 12.4. The number of hydrogen-bond donors (Lipinski definition) is 0. The van der Waals surface area contributed by atoms with Crippen LogP contribution in [0.5, 0.6) is 11.5 Å². The van der Waals surface area contributed by atoms with Crippen LogP contribution in [0.25, 0.3) is 6.08 Å². The molecule has 25 heavy (non-hydrogen) atoms. The van der Waals surface area contributed by atoms with Gasteiger partial charge in [0.15, 0.2) is 11.5 Å². The monoisotopic (exact) mass is 381 g/mol. The number of amides is 1. The molecule has 134 valence electrons. The first-order chi connectivity index (χ1) is 12.0. The zero-order valence-corrected chi connectivity index (χ0v) is 15.9. The number of rotatable bonds is 7. The molecule has 1 amide bonds. The number of ether oxygens (including phenoxy) is 3. The van der Waals surface area contributed by atoms with E-state index in [1.165, 1.54) is 12.0 Å². The summed E-state index contributed by atoms with van der Waals surface area (Å²) in [5.74, 6) is 0.411. The summed E-state index contributed by atoms with van der Waals surface area (Å²) in [5, 5.41) is 0. The number of carbonyl (C=O) groups excluding carboxylic acids is 2. The minimum absolute atomic E-state index is 0.189. The van der Waals surface area contributed by atoms with E-state index in [2.05, 4.69) is 4.74 Å². The van der Waals surface area contributed by atoms with Gasteiger partial charge in [-0.1, -0.05) is 37.0 Å². The van der Waals surface area contributed by atoms with E-state index < -0.39 is 5.97 Å². The van der Waals surface area contributed by atoms with E-state index in [4.69, 9.17) is 21.7 Å². The van der Waals surface area contributed by atoms with Gasteiger partial charge in [-0.25, -0.2) is 0 Å². The third-order valence-corrected chi connectivity index (χ3v) is 4.71. The van der Waals surface area contributed by atoms with E-state index in [0.29, 0.717) is 27.3 Å². The molecule has 0 radical (unpaired) electrons. The van der Waals surface area contributed by atoms with Crippen LogP contribution in [0.2, 0.25) is 0 Å². The molecule has 2 rings (SSSR count). The Morgan fingerprint density at radius 3 is 2.72 bits per heavy atom. The third-order valence-electron chi connectivity index (χ3n) is 3.34. The Balaban J connectivity index is 2.21. The Kier molecular flexibility index (Phi) is 6.83. The van der Waals surface area contributed by atoms with Gasteiger partial charge in [0.25, 0.3) is 5.91 Å². The van der Waals surface area contributed by atoms with Crippen molar-refractivity contribution in [3.63, 3.8) is 0 Å². The average Bonchev–Trinajstić information content (AvgIpc) is 2.87. The van der Waals surface area contributed by atoms with Gasteiger partial charge >= 0.3 is 5.97 Å². The molecule has 1 aliphatic rings. The standard InChI is InChI=1S/C17H19NO5S2/c1-4-7-23-12-6-5-11(8-13(12)21-2)9-14-16(20)18(17(24)25-14)10-15(19)22-3/h5-6,8-9H,4,7,10H2,1-3H3. The molecule has 6 nitrogen and oxygen atoms in total. The first-order valence-corrected chi connectivity index (χ1v) is 8.85. The summed E-state index contributed by atoms with van der Waals surface area (Å²) in [6.45, 7) is 2.44. The van der Waals surface area contributed by atoms with Crippen LogP contribution in [-0.2, 0) is 14.3 Å². The van der Waals surface area contributed by atoms with Gasteiger partial charge in [0.1, 0.15) is 10.9 Å². The van der Waals surface area contributed by atoms with Gasteiger partial charge in [0, 0.05) is 0 Å². The molecule has 0 unspecified atom stereocenters. The Morgan fingerprint density at radius 1 is 1.32 bits per heavy atom. The fourth-order valence-corrected chi connectivity index (χ4v) is 3.34. The second-order valence-electron chi connectivity index (χ2n) is 5.10. The maximum atomic E-state index is 12.4.